The lowest BCUT2D eigenvalue weighted by Gasteiger charge is -2.31. The van der Waals surface area contributed by atoms with Gasteiger partial charge in [-0.15, -0.1) is 11.6 Å². The van der Waals surface area contributed by atoms with Crippen molar-refractivity contribution < 1.29 is 22.7 Å². The summed E-state index contributed by atoms with van der Waals surface area (Å²) in [5, 5.41) is 4.08. The number of hydrogen-bond acceptors (Lipinski definition) is 3. The molecular formula is C16H17ClF3N3O2. The molecule has 1 amide bonds. The molecule has 0 spiro atoms. The van der Waals surface area contributed by atoms with Gasteiger partial charge in [0.25, 0.3) is 0 Å². The van der Waals surface area contributed by atoms with Gasteiger partial charge in [-0.3, -0.25) is 9.69 Å². The van der Waals surface area contributed by atoms with Crippen LogP contribution in [-0.4, -0.2) is 34.4 Å². The molecule has 1 heterocycles. The van der Waals surface area contributed by atoms with Gasteiger partial charge in [0.2, 0.25) is 5.91 Å². The molecule has 0 aliphatic heterocycles. The Kier molecular flexibility index (Phi) is 5.94. The van der Waals surface area contributed by atoms with Gasteiger partial charge in [-0.1, -0.05) is 12.1 Å². The van der Waals surface area contributed by atoms with Crippen molar-refractivity contribution in [2.24, 2.45) is 0 Å². The maximum Gasteiger partial charge on any atom is 0.422 e. The van der Waals surface area contributed by atoms with Crippen LogP contribution in [0.3, 0.4) is 0 Å². The number of hydrogen-bond donors (Lipinski definition) is 0. The maximum atomic E-state index is 12.5. The van der Waals surface area contributed by atoms with Crippen molar-refractivity contribution in [1.82, 2.24) is 9.78 Å². The van der Waals surface area contributed by atoms with E-state index in [1.807, 2.05) is 0 Å². The summed E-state index contributed by atoms with van der Waals surface area (Å²) in [5.41, 5.74) is 0.817. The molecule has 2 rings (SSSR count). The third-order valence-electron chi connectivity index (χ3n) is 3.50. The number of alkyl halides is 4. The minimum Gasteiger partial charge on any atom is -0.482 e. The largest absolute Gasteiger partial charge is 0.482 e. The van der Waals surface area contributed by atoms with Gasteiger partial charge < -0.3 is 4.74 Å². The minimum atomic E-state index is -4.49. The average Bonchev–Trinajstić information content (AvgIpc) is 3.08. The summed E-state index contributed by atoms with van der Waals surface area (Å²) in [7, 11) is 0. The van der Waals surface area contributed by atoms with E-state index in [0.29, 0.717) is 5.56 Å². The molecule has 2 aromatic rings. The second kappa shape index (κ2) is 7.77. The number of nitrogens with zero attached hydrogens (tertiary/aromatic N) is 3. The van der Waals surface area contributed by atoms with Gasteiger partial charge in [-0.25, -0.2) is 4.68 Å². The van der Waals surface area contributed by atoms with Crippen LogP contribution in [0, 0.1) is 6.92 Å². The monoisotopic (exact) mass is 375 g/mol. The van der Waals surface area contributed by atoms with E-state index in [0.717, 1.165) is 0 Å². The van der Waals surface area contributed by atoms with Crippen LogP contribution in [0.2, 0.25) is 0 Å². The lowest BCUT2D eigenvalue weighted by atomic mass is 10.1. The third-order valence-corrected chi connectivity index (χ3v) is 3.73. The number of ether oxygens (including phenoxy) is 1. The molecule has 0 aliphatic rings. The second-order valence-electron chi connectivity index (χ2n) is 5.34. The van der Waals surface area contributed by atoms with E-state index in [1.54, 1.807) is 44.4 Å². The number of anilines is 1. The summed E-state index contributed by atoms with van der Waals surface area (Å²) >= 11 is 5.71. The standard InChI is InChI=1S/C16H17ClF3N3O2/c1-11-5-3-6-13(25-10-16(18,19)20)15(11)23(14(24)9-17)12(2)22-8-4-7-21-22/h3-8,12H,9-10H2,1-2H3. The Labute approximate surface area is 147 Å². The molecule has 0 saturated carbocycles. The van der Waals surface area contributed by atoms with E-state index in [-0.39, 0.29) is 17.3 Å². The molecular weight excluding hydrogens is 359 g/mol. The van der Waals surface area contributed by atoms with E-state index < -0.39 is 24.9 Å². The van der Waals surface area contributed by atoms with Crippen LogP contribution >= 0.6 is 11.6 Å². The molecule has 0 aliphatic carbocycles. The normalized spacial score (nSPS) is 12.7. The van der Waals surface area contributed by atoms with Crippen molar-refractivity contribution in [1.29, 1.82) is 0 Å². The number of amides is 1. The van der Waals surface area contributed by atoms with Gasteiger partial charge in [0, 0.05) is 12.4 Å². The summed E-state index contributed by atoms with van der Waals surface area (Å²) in [4.78, 5) is 13.7. The number of aromatic nitrogens is 2. The lowest BCUT2D eigenvalue weighted by molar-refractivity contribution is -0.153. The Hall–Kier alpha value is -2.22. The predicted molar refractivity (Wildman–Crippen MR) is 87.9 cm³/mol. The summed E-state index contributed by atoms with van der Waals surface area (Å²) in [6.45, 7) is 1.92. The van der Waals surface area contributed by atoms with Gasteiger partial charge in [0.15, 0.2) is 6.61 Å². The molecule has 136 valence electrons. The Balaban J connectivity index is 2.47. The molecule has 0 bridgehead atoms. The SMILES string of the molecule is Cc1cccc(OCC(F)(F)F)c1N(C(=O)CCl)C(C)n1cccn1. The van der Waals surface area contributed by atoms with Crippen molar-refractivity contribution >= 4 is 23.2 Å². The quantitative estimate of drug-likeness (QED) is 0.719. The molecule has 0 saturated heterocycles. The highest BCUT2D eigenvalue weighted by Crippen LogP contribution is 2.36. The highest BCUT2D eigenvalue weighted by atomic mass is 35.5. The fourth-order valence-corrected chi connectivity index (χ4v) is 2.55. The van der Waals surface area contributed by atoms with E-state index in [1.165, 1.54) is 15.6 Å². The molecule has 25 heavy (non-hydrogen) atoms. The van der Waals surface area contributed by atoms with Crippen molar-refractivity contribution in [3.63, 3.8) is 0 Å². The number of para-hydroxylation sites is 1. The van der Waals surface area contributed by atoms with Crippen LogP contribution in [0.5, 0.6) is 5.75 Å². The van der Waals surface area contributed by atoms with Crippen molar-refractivity contribution in [3.05, 3.63) is 42.2 Å². The van der Waals surface area contributed by atoms with Gasteiger partial charge >= 0.3 is 6.18 Å². The molecule has 1 atom stereocenters. The number of halogens is 4. The zero-order chi connectivity index (χ0) is 18.6. The lowest BCUT2D eigenvalue weighted by Crippen LogP contribution is -2.38. The molecule has 1 aromatic heterocycles. The second-order valence-corrected chi connectivity index (χ2v) is 5.61. The summed E-state index contributed by atoms with van der Waals surface area (Å²) in [6, 6.07) is 6.31. The van der Waals surface area contributed by atoms with Crippen LogP contribution in [0.1, 0.15) is 18.7 Å². The first-order chi connectivity index (χ1) is 11.7. The number of carbonyl (C=O) groups is 1. The number of aryl methyl sites for hydroxylation is 1. The van der Waals surface area contributed by atoms with Gasteiger partial charge in [-0.2, -0.15) is 18.3 Å². The van der Waals surface area contributed by atoms with Crippen molar-refractivity contribution in [3.8, 4) is 5.75 Å². The fraction of sp³-hybridized carbons (Fsp3) is 0.375. The molecule has 1 aromatic carbocycles. The van der Waals surface area contributed by atoms with Crippen LogP contribution in [0.4, 0.5) is 18.9 Å². The topological polar surface area (TPSA) is 47.4 Å². The fourth-order valence-electron chi connectivity index (χ4n) is 2.42. The Bertz CT molecular complexity index is 720. The minimum absolute atomic E-state index is 0.0465. The van der Waals surface area contributed by atoms with E-state index in [2.05, 4.69) is 5.10 Å². The zero-order valence-corrected chi connectivity index (χ0v) is 14.4. The highest BCUT2D eigenvalue weighted by Gasteiger charge is 2.31. The first kappa shape index (κ1) is 19.1. The van der Waals surface area contributed by atoms with Gasteiger partial charge in [-0.05, 0) is 31.5 Å². The van der Waals surface area contributed by atoms with Crippen LogP contribution < -0.4 is 9.64 Å². The van der Waals surface area contributed by atoms with Crippen molar-refractivity contribution in [2.45, 2.75) is 26.2 Å². The third kappa shape index (κ3) is 4.66. The van der Waals surface area contributed by atoms with E-state index >= 15 is 0 Å². The maximum absolute atomic E-state index is 12.5. The Morgan fingerprint density at radius 3 is 2.68 bits per heavy atom. The molecule has 1 unspecified atom stereocenters. The van der Waals surface area contributed by atoms with Gasteiger partial charge in [0.1, 0.15) is 17.8 Å². The zero-order valence-electron chi connectivity index (χ0n) is 13.6. The van der Waals surface area contributed by atoms with Crippen molar-refractivity contribution in [2.75, 3.05) is 17.4 Å². The van der Waals surface area contributed by atoms with E-state index in [9.17, 15) is 18.0 Å². The summed E-state index contributed by atoms with van der Waals surface area (Å²) in [5.74, 6) is -0.857. The smallest absolute Gasteiger partial charge is 0.422 e. The van der Waals surface area contributed by atoms with Crippen LogP contribution in [-0.2, 0) is 4.79 Å². The number of rotatable bonds is 6. The molecule has 0 radical (unpaired) electrons. The molecule has 5 nitrogen and oxygen atoms in total. The Morgan fingerprint density at radius 1 is 1.40 bits per heavy atom. The predicted octanol–water partition coefficient (Wildman–Crippen LogP) is 3.92. The first-order valence-corrected chi connectivity index (χ1v) is 7.94. The summed E-state index contributed by atoms with van der Waals surface area (Å²) < 4.78 is 44.1. The highest BCUT2D eigenvalue weighted by molar-refractivity contribution is 6.29. The average molecular weight is 376 g/mol. The van der Waals surface area contributed by atoms with E-state index in [4.69, 9.17) is 16.3 Å². The molecule has 0 N–H and O–H groups in total. The summed E-state index contributed by atoms with van der Waals surface area (Å²) in [6.07, 6.45) is -1.90. The number of benzene rings is 1. The molecule has 9 heteroatoms. The molecule has 0 fully saturated rings. The first-order valence-electron chi connectivity index (χ1n) is 7.41. The van der Waals surface area contributed by atoms with Gasteiger partial charge in [0.05, 0.1) is 5.69 Å². The number of carbonyl (C=O) groups excluding carboxylic acids is 1. The van der Waals surface area contributed by atoms with Crippen LogP contribution in [0.15, 0.2) is 36.7 Å². The van der Waals surface area contributed by atoms with Crippen LogP contribution in [0.25, 0.3) is 0 Å². The Morgan fingerprint density at radius 2 is 2.12 bits per heavy atom.